The van der Waals surface area contributed by atoms with Gasteiger partial charge in [-0.15, -0.1) is 0 Å². The van der Waals surface area contributed by atoms with Gasteiger partial charge in [-0.05, 0) is 12.1 Å². The topological polar surface area (TPSA) is 92.7 Å². The molecule has 1 aromatic rings. The average Bonchev–Trinajstić information content (AvgIpc) is 2.15. The molecule has 0 saturated carbocycles. The van der Waals surface area contributed by atoms with Crippen molar-refractivity contribution in [1.29, 1.82) is 0 Å². The fraction of sp³-hybridized carbons (Fsp3) is 0.125. The summed E-state index contributed by atoms with van der Waals surface area (Å²) in [5, 5.41) is 8.33. The SMILES string of the molecule is CONS(=O)(=O)c1cc(C(=O)O)c(Cl)cc1F. The number of hydrogen-bond acceptors (Lipinski definition) is 4. The molecule has 0 aromatic heterocycles. The second-order valence-electron chi connectivity index (χ2n) is 2.86. The number of rotatable bonds is 4. The molecular weight excluding hydrogens is 277 g/mol. The first kappa shape index (κ1) is 13.8. The zero-order valence-corrected chi connectivity index (χ0v) is 9.97. The number of nitrogens with one attached hydrogen (secondary N) is 1. The van der Waals surface area contributed by atoms with E-state index < -0.39 is 37.3 Å². The zero-order valence-electron chi connectivity index (χ0n) is 8.40. The summed E-state index contributed by atoms with van der Waals surface area (Å²) >= 11 is 5.46. The monoisotopic (exact) mass is 283 g/mol. The maximum atomic E-state index is 13.4. The number of aromatic carboxylic acids is 1. The number of carboxylic acid groups (broad SMARTS) is 1. The molecule has 0 aliphatic carbocycles. The van der Waals surface area contributed by atoms with Crippen LogP contribution in [0.5, 0.6) is 0 Å². The Bertz CT molecular complexity index is 559. The number of carboxylic acids is 1. The summed E-state index contributed by atoms with van der Waals surface area (Å²) in [5.41, 5.74) is -0.524. The van der Waals surface area contributed by atoms with E-state index in [0.717, 1.165) is 7.11 Å². The van der Waals surface area contributed by atoms with Crippen LogP contribution >= 0.6 is 11.6 Å². The van der Waals surface area contributed by atoms with E-state index in [1.165, 1.54) is 0 Å². The Labute approximate surface area is 101 Å². The quantitative estimate of drug-likeness (QED) is 0.805. The first-order valence-electron chi connectivity index (χ1n) is 4.06. The number of sulfonamides is 1. The molecule has 1 aromatic carbocycles. The Morgan fingerprint density at radius 2 is 2.12 bits per heavy atom. The molecule has 94 valence electrons. The van der Waals surface area contributed by atoms with Crippen molar-refractivity contribution in [3.63, 3.8) is 0 Å². The van der Waals surface area contributed by atoms with Crippen molar-refractivity contribution in [2.75, 3.05) is 7.11 Å². The van der Waals surface area contributed by atoms with Crippen molar-refractivity contribution in [1.82, 2.24) is 4.89 Å². The standard InChI is InChI=1S/C8H7ClFNO5S/c1-16-11-17(14,15)7-2-4(8(12)13)5(9)3-6(7)10/h2-3,11H,1H3,(H,12,13). The fourth-order valence-electron chi connectivity index (χ4n) is 1.05. The molecule has 0 aliphatic rings. The number of benzene rings is 1. The van der Waals surface area contributed by atoms with E-state index in [-0.39, 0.29) is 0 Å². The van der Waals surface area contributed by atoms with Crippen molar-refractivity contribution in [2.45, 2.75) is 4.90 Å². The highest BCUT2D eigenvalue weighted by Gasteiger charge is 2.23. The lowest BCUT2D eigenvalue weighted by Crippen LogP contribution is -2.23. The highest BCUT2D eigenvalue weighted by atomic mass is 35.5. The van der Waals surface area contributed by atoms with Crippen LogP contribution in [0.25, 0.3) is 0 Å². The van der Waals surface area contributed by atoms with Gasteiger partial charge in [-0.1, -0.05) is 16.5 Å². The van der Waals surface area contributed by atoms with Crippen molar-refractivity contribution >= 4 is 27.6 Å². The maximum Gasteiger partial charge on any atom is 0.337 e. The third kappa shape index (κ3) is 2.91. The molecule has 0 spiro atoms. The van der Waals surface area contributed by atoms with E-state index in [4.69, 9.17) is 16.7 Å². The van der Waals surface area contributed by atoms with Crippen LogP contribution in [0.15, 0.2) is 17.0 Å². The minimum atomic E-state index is -4.28. The highest BCUT2D eigenvalue weighted by molar-refractivity contribution is 7.89. The summed E-state index contributed by atoms with van der Waals surface area (Å²) in [4.78, 5) is 15.6. The zero-order chi connectivity index (χ0) is 13.2. The van der Waals surface area contributed by atoms with Gasteiger partial charge >= 0.3 is 5.97 Å². The second kappa shape index (κ2) is 4.96. The summed E-state index contributed by atoms with van der Waals surface area (Å²) < 4.78 is 36.2. The van der Waals surface area contributed by atoms with E-state index in [1.807, 2.05) is 0 Å². The fourth-order valence-corrected chi connectivity index (χ4v) is 2.18. The molecule has 9 heteroatoms. The van der Waals surface area contributed by atoms with E-state index in [0.29, 0.717) is 12.1 Å². The molecule has 17 heavy (non-hydrogen) atoms. The Morgan fingerprint density at radius 3 is 2.59 bits per heavy atom. The smallest absolute Gasteiger partial charge is 0.337 e. The normalized spacial score (nSPS) is 11.5. The molecule has 0 heterocycles. The molecule has 2 N–H and O–H groups in total. The Balaban J connectivity index is 3.45. The van der Waals surface area contributed by atoms with Gasteiger partial charge in [-0.2, -0.15) is 0 Å². The Hall–Kier alpha value is -1.22. The third-order valence-electron chi connectivity index (χ3n) is 1.73. The van der Waals surface area contributed by atoms with Crippen LogP contribution in [-0.4, -0.2) is 26.6 Å². The van der Waals surface area contributed by atoms with Gasteiger partial charge in [0.25, 0.3) is 10.0 Å². The number of halogens is 2. The van der Waals surface area contributed by atoms with Crippen LogP contribution in [0.1, 0.15) is 10.4 Å². The predicted molar refractivity (Wildman–Crippen MR) is 55.7 cm³/mol. The summed E-state index contributed by atoms with van der Waals surface area (Å²) in [6.07, 6.45) is 0. The first-order chi connectivity index (χ1) is 7.79. The van der Waals surface area contributed by atoms with E-state index >= 15 is 0 Å². The number of carbonyl (C=O) groups is 1. The highest BCUT2D eigenvalue weighted by Crippen LogP contribution is 2.23. The lowest BCUT2D eigenvalue weighted by molar-refractivity contribution is 0.0696. The van der Waals surface area contributed by atoms with Gasteiger partial charge in [0.2, 0.25) is 0 Å². The largest absolute Gasteiger partial charge is 0.478 e. The van der Waals surface area contributed by atoms with E-state index in [2.05, 4.69) is 4.84 Å². The first-order valence-corrected chi connectivity index (χ1v) is 5.93. The molecule has 0 amide bonds. The second-order valence-corrected chi connectivity index (χ2v) is 4.88. The number of hydrogen-bond donors (Lipinski definition) is 2. The maximum absolute atomic E-state index is 13.4. The van der Waals surface area contributed by atoms with Gasteiger partial charge in [0.15, 0.2) is 0 Å². The summed E-state index contributed by atoms with van der Waals surface area (Å²) in [6, 6.07) is 1.22. The summed E-state index contributed by atoms with van der Waals surface area (Å²) in [6.45, 7) is 0. The van der Waals surface area contributed by atoms with Gasteiger partial charge in [0.05, 0.1) is 17.7 Å². The molecule has 6 nitrogen and oxygen atoms in total. The van der Waals surface area contributed by atoms with E-state index in [9.17, 15) is 17.6 Å². The van der Waals surface area contributed by atoms with Gasteiger partial charge in [0.1, 0.15) is 10.7 Å². The molecular formula is C8H7ClFNO5S. The molecule has 0 unspecified atom stereocenters. The van der Waals surface area contributed by atoms with Crippen molar-refractivity contribution < 1.29 is 27.5 Å². The van der Waals surface area contributed by atoms with Crippen LogP contribution in [0, 0.1) is 5.82 Å². The average molecular weight is 284 g/mol. The van der Waals surface area contributed by atoms with Crippen molar-refractivity contribution in [3.8, 4) is 0 Å². The summed E-state index contributed by atoms with van der Waals surface area (Å²) in [7, 11) is -3.27. The predicted octanol–water partition coefficient (Wildman–Crippen LogP) is 1.02. The van der Waals surface area contributed by atoms with Gasteiger partial charge < -0.3 is 5.11 Å². The van der Waals surface area contributed by atoms with Crippen LogP contribution in [0.4, 0.5) is 4.39 Å². The molecule has 0 saturated heterocycles. The third-order valence-corrected chi connectivity index (χ3v) is 3.33. The Kier molecular flexibility index (Phi) is 4.04. The van der Waals surface area contributed by atoms with Crippen LogP contribution in [0.3, 0.4) is 0 Å². The lowest BCUT2D eigenvalue weighted by Gasteiger charge is -2.07. The molecule has 0 fully saturated rings. The van der Waals surface area contributed by atoms with Crippen molar-refractivity contribution in [2.24, 2.45) is 0 Å². The van der Waals surface area contributed by atoms with Crippen LogP contribution in [-0.2, 0) is 14.9 Å². The molecule has 0 aliphatic heterocycles. The molecule has 0 radical (unpaired) electrons. The minimum Gasteiger partial charge on any atom is -0.478 e. The summed E-state index contributed by atoms with van der Waals surface area (Å²) in [5.74, 6) is -2.64. The van der Waals surface area contributed by atoms with Gasteiger partial charge in [-0.3, -0.25) is 4.84 Å². The molecule has 1 rings (SSSR count). The van der Waals surface area contributed by atoms with Crippen LogP contribution < -0.4 is 4.89 Å². The van der Waals surface area contributed by atoms with Crippen molar-refractivity contribution in [3.05, 3.63) is 28.5 Å². The lowest BCUT2D eigenvalue weighted by atomic mass is 10.2. The van der Waals surface area contributed by atoms with Gasteiger partial charge in [-0.25, -0.2) is 17.6 Å². The van der Waals surface area contributed by atoms with Crippen LogP contribution in [0.2, 0.25) is 5.02 Å². The van der Waals surface area contributed by atoms with Gasteiger partial charge in [0, 0.05) is 0 Å². The van der Waals surface area contributed by atoms with E-state index in [1.54, 1.807) is 4.89 Å². The Morgan fingerprint density at radius 1 is 1.53 bits per heavy atom. The minimum absolute atomic E-state index is 0.397. The molecule has 0 bridgehead atoms. The molecule has 0 atom stereocenters.